The molecule has 0 aliphatic carbocycles. The van der Waals surface area contributed by atoms with Crippen molar-refractivity contribution in [3.63, 3.8) is 0 Å². The number of nitrogens with zero attached hydrogens (tertiary/aromatic N) is 3. The molecule has 1 heterocycles. The molecule has 1 aromatic heterocycles. The minimum atomic E-state index is -0.736. The van der Waals surface area contributed by atoms with E-state index in [4.69, 9.17) is 0 Å². The van der Waals surface area contributed by atoms with Crippen LogP contribution in [0.1, 0.15) is 20.8 Å². The molecule has 3 aromatic rings. The maximum absolute atomic E-state index is 12.4. The summed E-state index contributed by atoms with van der Waals surface area (Å²) in [6.07, 6.45) is 0. The van der Waals surface area contributed by atoms with Crippen molar-refractivity contribution in [3.05, 3.63) is 80.3 Å². The molecule has 10 heteroatoms. The molecule has 0 unspecified atom stereocenters. The average Bonchev–Trinajstić information content (AvgIpc) is 2.68. The van der Waals surface area contributed by atoms with Crippen LogP contribution in [0.4, 0.5) is 5.69 Å². The number of rotatable bonds is 3. The maximum Gasteiger partial charge on any atom is 0.290 e. The van der Waals surface area contributed by atoms with E-state index in [2.05, 4.69) is 16.0 Å². The van der Waals surface area contributed by atoms with Gasteiger partial charge in [0.05, 0.1) is 10.3 Å². The second kappa shape index (κ2) is 7.04. The van der Waals surface area contributed by atoms with Crippen LogP contribution >= 0.6 is 0 Å². The van der Waals surface area contributed by atoms with Crippen LogP contribution in [0, 0.1) is 10.1 Å². The fourth-order valence-electron chi connectivity index (χ4n) is 2.47. The van der Waals surface area contributed by atoms with Crippen molar-refractivity contribution < 1.29 is 14.5 Å². The van der Waals surface area contributed by atoms with Crippen LogP contribution in [-0.2, 0) is 7.05 Å². The van der Waals surface area contributed by atoms with Gasteiger partial charge < -0.3 is 0 Å². The van der Waals surface area contributed by atoms with Gasteiger partial charge in [-0.2, -0.15) is 5.10 Å². The summed E-state index contributed by atoms with van der Waals surface area (Å²) in [6.45, 7) is 0. The topological polar surface area (TPSA) is 136 Å². The number of nitrogens with one attached hydrogen (secondary N) is 2. The third-order valence-corrected chi connectivity index (χ3v) is 3.78. The minimum absolute atomic E-state index is 0.00257. The smallest absolute Gasteiger partial charge is 0.267 e. The normalized spacial score (nSPS) is 10.4. The fourth-order valence-corrected chi connectivity index (χ4v) is 2.47. The quantitative estimate of drug-likeness (QED) is 0.522. The monoisotopic (exact) mass is 367 g/mol. The third kappa shape index (κ3) is 3.49. The van der Waals surface area contributed by atoms with Gasteiger partial charge in [0.15, 0.2) is 5.69 Å². The molecule has 0 aliphatic rings. The van der Waals surface area contributed by atoms with Crippen molar-refractivity contribution in [1.29, 1.82) is 0 Å². The minimum Gasteiger partial charge on any atom is -0.267 e. The van der Waals surface area contributed by atoms with Crippen molar-refractivity contribution in [2.45, 2.75) is 0 Å². The molecular weight excluding hydrogens is 354 g/mol. The Morgan fingerprint density at radius 2 is 1.70 bits per heavy atom. The highest BCUT2D eigenvalue weighted by molar-refractivity contribution is 6.06. The largest absolute Gasteiger partial charge is 0.290 e. The van der Waals surface area contributed by atoms with Crippen molar-refractivity contribution in [2.75, 3.05) is 0 Å². The SMILES string of the molecule is Cn1nc(C(=O)NNC(=O)c2cccc([N+](=O)[O-])c2)c2ccccc2c1=O. The Hall–Kier alpha value is -4.08. The van der Waals surface area contributed by atoms with Gasteiger partial charge in [0.25, 0.3) is 23.1 Å². The first kappa shape index (κ1) is 17.7. The van der Waals surface area contributed by atoms with Crippen molar-refractivity contribution in [1.82, 2.24) is 20.6 Å². The molecule has 0 saturated carbocycles. The Kier molecular flexibility index (Phi) is 4.62. The second-order valence-electron chi connectivity index (χ2n) is 5.54. The van der Waals surface area contributed by atoms with E-state index in [0.29, 0.717) is 10.8 Å². The number of fused-ring (bicyclic) bond motifs is 1. The zero-order valence-electron chi connectivity index (χ0n) is 14.0. The van der Waals surface area contributed by atoms with Gasteiger partial charge in [-0.1, -0.05) is 24.3 Å². The summed E-state index contributed by atoms with van der Waals surface area (Å²) in [5.74, 6) is -1.47. The highest BCUT2D eigenvalue weighted by Gasteiger charge is 2.17. The predicted molar refractivity (Wildman–Crippen MR) is 95.0 cm³/mol. The number of carbonyl (C=O) groups is 2. The molecule has 0 radical (unpaired) electrons. The van der Waals surface area contributed by atoms with Crippen molar-refractivity contribution in [3.8, 4) is 0 Å². The Labute approximate surface area is 151 Å². The molecular formula is C17H13N5O5. The number of nitro groups is 1. The number of hydrazine groups is 1. The molecule has 0 spiro atoms. The number of non-ortho nitro benzene ring substituents is 1. The maximum atomic E-state index is 12.4. The first-order valence-electron chi connectivity index (χ1n) is 7.69. The van der Waals surface area contributed by atoms with Gasteiger partial charge >= 0.3 is 0 Å². The summed E-state index contributed by atoms with van der Waals surface area (Å²) in [5, 5.41) is 15.4. The molecule has 27 heavy (non-hydrogen) atoms. The van der Waals surface area contributed by atoms with Crippen LogP contribution in [-0.4, -0.2) is 26.5 Å². The summed E-state index contributed by atoms with van der Waals surface area (Å²) in [6, 6.07) is 11.5. The standard InChI is InChI=1S/C17H13N5O5/c1-21-17(25)13-8-3-2-7-12(13)14(20-21)16(24)19-18-15(23)10-5-4-6-11(9-10)22(26)27/h2-9H,1H3,(H,18,23)(H,19,24). The number of nitro benzene ring substituents is 1. The van der Waals surface area contributed by atoms with E-state index in [1.807, 2.05) is 0 Å². The number of aromatic nitrogens is 2. The predicted octanol–water partition coefficient (Wildman–Crippen LogP) is 0.917. The van der Waals surface area contributed by atoms with E-state index in [1.54, 1.807) is 24.3 Å². The molecule has 0 atom stereocenters. The Morgan fingerprint density at radius 1 is 1.04 bits per heavy atom. The van der Waals surface area contributed by atoms with Crippen LogP contribution in [0.2, 0.25) is 0 Å². The first-order valence-corrected chi connectivity index (χ1v) is 7.69. The van der Waals surface area contributed by atoms with Gasteiger partial charge in [0.1, 0.15) is 0 Å². The second-order valence-corrected chi connectivity index (χ2v) is 5.54. The summed E-state index contributed by atoms with van der Waals surface area (Å²) < 4.78 is 1.03. The van der Waals surface area contributed by atoms with E-state index in [9.17, 15) is 24.5 Å². The van der Waals surface area contributed by atoms with Crippen LogP contribution in [0.3, 0.4) is 0 Å². The number of amides is 2. The highest BCUT2D eigenvalue weighted by Crippen LogP contribution is 2.14. The first-order chi connectivity index (χ1) is 12.9. The summed E-state index contributed by atoms with van der Waals surface area (Å²) in [7, 11) is 1.41. The number of benzene rings is 2. The molecule has 3 rings (SSSR count). The zero-order chi connectivity index (χ0) is 19.6. The van der Waals surface area contributed by atoms with Crippen molar-refractivity contribution in [2.24, 2.45) is 7.05 Å². The van der Waals surface area contributed by atoms with Crippen LogP contribution in [0.25, 0.3) is 10.8 Å². The van der Waals surface area contributed by atoms with E-state index in [0.717, 1.165) is 10.7 Å². The lowest BCUT2D eigenvalue weighted by molar-refractivity contribution is -0.384. The molecule has 0 fully saturated rings. The lowest BCUT2D eigenvalue weighted by Gasteiger charge is -2.10. The zero-order valence-corrected chi connectivity index (χ0v) is 14.0. The molecule has 2 amide bonds. The summed E-state index contributed by atoms with van der Waals surface area (Å²) in [4.78, 5) is 46.8. The van der Waals surface area contributed by atoms with Crippen molar-refractivity contribution >= 4 is 28.3 Å². The number of aryl methyl sites for hydroxylation is 1. The Bertz CT molecular complexity index is 1140. The van der Waals surface area contributed by atoms with E-state index in [1.165, 1.54) is 25.2 Å². The molecule has 136 valence electrons. The Balaban J connectivity index is 1.83. The molecule has 0 aliphatic heterocycles. The molecule has 2 aromatic carbocycles. The van der Waals surface area contributed by atoms with Gasteiger partial charge in [-0.3, -0.25) is 35.3 Å². The molecule has 2 N–H and O–H groups in total. The third-order valence-electron chi connectivity index (χ3n) is 3.78. The van der Waals surface area contributed by atoms with Crippen LogP contribution < -0.4 is 16.4 Å². The van der Waals surface area contributed by atoms with Crippen LogP contribution in [0.15, 0.2) is 53.3 Å². The summed E-state index contributed by atoms with van der Waals surface area (Å²) >= 11 is 0. The van der Waals surface area contributed by atoms with Crippen LogP contribution in [0.5, 0.6) is 0 Å². The number of hydrogen-bond acceptors (Lipinski definition) is 6. The van der Waals surface area contributed by atoms with Gasteiger partial charge in [-0.05, 0) is 12.1 Å². The van der Waals surface area contributed by atoms with Gasteiger partial charge in [0, 0.05) is 30.1 Å². The van der Waals surface area contributed by atoms with Gasteiger partial charge in [0.2, 0.25) is 0 Å². The lowest BCUT2D eigenvalue weighted by Crippen LogP contribution is -2.42. The lowest BCUT2D eigenvalue weighted by atomic mass is 10.1. The average molecular weight is 367 g/mol. The number of carbonyl (C=O) groups excluding carboxylic acids is 2. The van der Waals surface area contributed by atoms with E-state index >= 15 is 0 Å². The molecule has 10 nitrogen and oxygen atoms in total. The van der Waals surface area contributed by atoms with E-state index < -0.39 is 16.7 Å². The highest BCUT2D eigenvalue weighted by atomic mass is 16.6. The Morgan fingerprint density at radius 3 is 2.41 bits per heavy atom. The molecule has 0 bridgehead atoms. The summed E-state index contributed by atoms with van der Waals surface area (Å²) in [5.41, 5.74) is 3.72. The number of hydrogen-bond donors (Lipinski definition) is 2. The van der Waals surface area contributed by atoms with Gasteiger partial charge in [-0.15, -0.1) is 0 Å². The van der Waals surface area contributed by atoms with Gasteiger partial charge in [-0.25, -0.2) is 4.68 Å². The van der Waals surface area contributed by atoms with E-state index in [-0.39, 0.29) is 22.5 Å². The fraction of sp³-hybridized carbons (Fsp3) is 0.0588. The molecule has 0 saturated heterocycles.